The molecule has 0 aliphatic carbocycles. The van der Waals surface area contributed by atoms with E-state index in [0.29, 0.717) is 31.4 Å². The largest absolute Gasteiger partial charge is 0.378 e. The van der Waals surface area contributed by atoms with Gasteiger partial charge in [0.15, 0.2) is 5.13 Å². The molecular formula is C12H21N5O2S. The van der Waals surface area contributed by atoms with Gasteiger partial charge < -0.3 is 10.1 Å². The van der Waals surface area contributed by atoms with Crippen LogP contribution in [0, 0.1) is 0 Å². The quantitative estimate of drug-likeness (QED) is 0.512. The molecule has 1 aromatic rings. The molecule has 1 amide bonds. The first kappa shape index (κ1) is 15.2. The number of nitrogens with one attached hydrogen (secondary N) is 2. The van der Waals surface area contributed by atoms with Gasteiger partial charge in [-0.15, -0.1) is 0 Å². The van der Waals surface area contributed by atoms with Crippen LogP contribution >= 0.6 is 11.3 Å². The highest BCUT2D eigenvalue weighted by atomic mass is 32.1. The Morgan fingerprint density at radius 1 is 1.70 bits per heavy atom. The predicted octanol–water partition coefficient (Wildman–Crippen LogP) is 0.156. The number of hydrogen-bond donors (Lipinski definition) is 3. The molecule has 0 spiro atoms. The van der Waals surface area contributed by atoms with E-state index in [2.05, 4.69) is 20.6 Å². The number of nitrogens with two attached hydrogens (primary N) is 1. The molecule has 1 saturated heterocycles. The summed E-state index contributed by atoms with van der Waals surface area (Å²) in [7, 11) is 0. The Morgan fingerprint density at radius 2 is 2.55 bits per heavy atom. The molecule has 1 aliphatic heterocycles. The smallest absolute Gasteiger partial charge is 0.239 e. The summed E-state index contributed by atoms with van der Waals surface area (Å²) >= 11 is 1.50. The highest BCUT2D eigenvalue weighted by Crippen LogP contribution is 2.20. The lowest BCUT2D eigenvalue weighted by Crippen LogP contribution is -2.53. The van der Waals surface area contributed by atoms with E-state index in [-0.39, 0.29) is 11.9 Å². The van der Waals surface area contributed by atoms with Crippen molar-refractivity contribution in [3.63, 3.8) is 0 Å². The maximum atomic E-state index is 12.1. The summed E-state index contributed by atoms with van der Waals surface area (Å²) in [5, 5.41) is 3.61. The third-order valence-corrected chi connectivity index (χ3v) is 4.04. The molecule has 112 valence electrons. The molecule has 2 heterocycles. The molecular weight excluding hydrogens is 278 g/mol. The zero-order chi connectivity index (χ0) is 14.4. The standard InChI is InChI=1S/C12H21N5O2S/c1-2-3-14-11(18)10-8-19-5-4-17(10)7-9-6-15-12(16-13)20-9/h6,10H,2-5,7-8,13H2,1H3,(H,14,18)(H,15,16). The zero-order valence-electron chi connectivity index (χ0n) is 11.6. The molecule has 1 atom stereocenters. The summed E-state index contributed by atoms with van der Waals surface area (Å²) in [6.45, 7) is 5.26. The number of thiazole rings is 1. The van der Waals surface area contributed by atoms with Gasteiger partial charge in [0.05, 0.1) is 13.2 Å². The Bertz CT molecular complexity index is 439. The second-order valence-electron chi connectivity index (χ2n) is 4.63. The van der Waals surface area contributed by atoms with Crippen molar-refractivity contribution in [2.45, 2.75) is 25.9 Å². The molecule has 0 radical (unpaired) electrons. The van der Waals surface area contributed by atoms with Crippen LogP contribution in [0.4, 0.5) is 5.13 Å². The van der Waals surface area contributed by atoms with Crippen LogP contribution in [0.25, 0.3) is 0 Å². The van der Waals surface area contributed by atoms with Gasteiger partial charge in [0.1, 0.15) is 6.04 Å². The van der Waals surface area contributed by atoms with Crippen molar-refractivity contribution < 1.29 is 9.53 Å². The summed E-state index contributed by atoms with van der Waals surface area (Å²) in [5.74, 6) is 5.36. The number of rotatable bonds is 6. The summed E-state index contributed by atoms with van der Waals surface area (Å²) in [6, 6.07) is -0.230. The van der Waals surface area contributed by atoms with E-state index in [1.54, 1.807) is 6.20 Å². The first-order valence-corrected chi connectivity index (χ1v) is 7.57. The lowest BCUT2D eigenvalue weighted by atomic mass is 10.2. The predicted molar refractivity (Wildman–Crippen MR) is 78.2 cm³/mol. The van der Waals surface area contributed by atoms with Gasteiger partial charge in [-0.3, -0.25) is 15.1 Å². The number of ether oxygens (including phenoxy) is 1. The highest BCUT2D eigenvalue weighted by molar-refractivity contribution is 7.15. The number of carbonyl (C=O) groups is 1. The minimum Gasteiger partial charge on any atom is -0.378 e. The molecule has 1 unspecified atom stereocenters. The summed E-state index contributed by atoms with van der Waals surface area (Å²) in [4.78, 5) is 19.5. The van der Waals surface area contributed by atoms with Crippen LogP contribution in [0.3, 0.4) is 0 Å². The fourth-order valence-electron chi connectivity index (χ4n) is 2.08. The molecule has 1 aromatic heterocycles. The molecule has 2 rings (SSSR count). The van der Waals surface area contributed by atoms with Crippen LogP contribution in [0.15, 0.2) is 6.20 Å². The van der Waals surface area contributed by atoms with Gasteiger partial charge in [-0.1, -0.05) is 18.3 Å². The van der Waals surface area contributed by atoms with Gasteiger partial charge in [0.25, 0.3) is 0 Å². The number of nitrogen functional groups attached to an aromatic ring is 1. The van der Waals surface area contributed by atoms with Gasteiger partial charge in [-0.05, 0) is 6.42 Å². The maximum absolute atomic E-state index is 12.1. The van der Waals surface area contributed by atoms with E-state index in [9.17, 15) is 4.79 Å². The van der Waals surface area contributed by atoms with Crippen LogP contribution in [0.2, 0.25) is 0 Å². The van der Waals surface area contributed by atoms with E-state index in [1.807, 2.05) is 6.92 Å². The number of carbonyl (C=O) groups excluding carboxylic acids is 1. The number of aromatic nitrogens is 1. The number of hydrogen-bond acceptors (Lipinski definition) is 7. The van der Waals surface area contributed by atoms with Gasteiger partial charge in [-0.25, -0.2) is 10.8 Å². The molecule has 0 saturated carbocycles. The number of morpholine rings is 1. The molecule has 1 fully saturated rings. The van der Waals surface area contributed by atoms with Crippen molar-refractivity contribution >= 4 is 22.4 Å². The van der Waals surface area contributed by atoms with Crippen molar-refractivity contribution in [2.75, 3.05) is 31.7 Å². The Hall–Kier alpha value is -1.22. The van der Waals surface area contributed by atoms with Crippen LogP contribution in [0.1, 0.15) is 18.2 Å². The summed E-state index contributed by atoms with van der Waals surface area (Å²) < 4.78 is 5.43. The first-order valence-electron chi connectivity index (χ1n) is 6.75. The highest BCUT2D eigenvalue weighted by Gasteiger charge is 2.29. The van der Waals surface area contributed by atoms with Gasteiger partial charge in [0, 0.05) is 30.7 Å². The van der Waals surface area contributed by atoms with E-state index < -0.39 is 0 Å². The van der Waals surface area contributed by atoms with Crippen molar-refractivity contribution in [1.29, 1.82) is 0 Å². The second-order valence-corrected chi connectivity index (χ2v) is 5.74. The summed E-state index contributed by atoms with van der Waals surface area (Å²) in [5.41, 5.74) is 2.53. The zero-order valence-corrected chi connectivity index (χ0v) is 12.4. The van der Waals surface area contributed by atoms with E-state index >= 15 is 0 Å². The van der Waals surface area contributed by atoms with E-state index in [4.69, 9.17) is 10.6 Å². The second kappa shape index (κ2) is 7.53. The Labute approximate surface area is 122 Å². The van der Waals surface area contributed by atoms with Crippen LogP contribution in [-0.4, -0.2) is 48.1 Å². The fourth-order valence-corrected chi connectivity index (χ4v) is 2.83. The average molecular weight is 299 g/mol. The number of hydrazine groups is 1. The molecule has 0 aromatic carbocycles. The third kappa shape index (κ3) is 3.89. The van der Waals surface area contributed by atoms with Crippen LogP contribution in [-0.2, 0) is 16.1 Å². The first-order chi connectivity index (χ1) is 9.74. The van der Waals surface area contributed by atoms with Crippen molar-refractivity contribution in [2.24, 2.45) is 5.84 Å². The fraction of sp³-hybridized carbons (Fsp3) is 0.667. The van der Waals surface area contributed by atoms with E-state index in [1.165, 1.54) is 11.3 Å². The molecule has 7 nitrogen and oxygen atoms in total. The van der Waals surface area contributed by atoms with Crippen LogP contribution in [0.5, 0.6) is 0 Å². The Morgan fingerprint density at radius 3 is 3.25 bits per heavy atom. The lowest BCUT2D eigenvalue weighted by Gasteiger charge is -2.34. The molecule has 0 bridgehead atoms. The van der Waals surface area contributed by atoms with Crippen molar-refractivity contribution in [1.82, 2.24) is 15.2 Å². The van der Waals surface area contributed by atoms with Crippen LogP contribution < -0.4 is 16.6 Å². The Balaban J connectivity index is 1.97. The average Bonchev–Trinajstić information content (AvgIpc) is 2.93. The van der Waals surface area contributed by atoms with Crippen molar-refractivity contribution in [3.05, 3.63) is 11.1 Å². The number of nitrogens with zero attached hydrogens (tertiary/aromatic N) is 2. The topological polar surface area (TPSA) is 92.5 Å². The lowest BCUT2D eigenvalue weighted by molar-refractivity contribution is -0.132. The maximum Gasteiger partial charge on any atom is 0.239 e. The summed E-state index contributed by atoms with van der Waals surface area (Å²) in [6.07, 6.45) is 2.72. The SMILES string of the molecule is CCCNC(=O)C1COCCN1Cc1cnc(NN)s1. The van der Waals surface area contributed by atoms with E-state index in [0.717, 1.165) is 17.8 Å². The monoisotopic (exact) mass is 299 g/mol. The van der Waals surface area contributed by atoms with Gasteiger partial charge >= 0.3 is 0 Å². The Kier molecular flexibility index (Phi) is 5.72. The molecule has 8 heteroatoms. The van der Waals surface area contributed by atoms with Gasteiger partial charge in [0.2, 0.25) is 5.91 Å². The molecule has 20 heavy (non-hydrogen) atoms. The van der Waals surface area contributed by atoms with Crippen molar-refractivity contribution in [3.8, 4) is 0 Å². The van der Waals surface area contributed by atoms with Gasteiger partial charge in [-0.2, -0.15) is 0 Å². The number of amides is 1. The normalized spacial score (nSPS) is 19.8. The minimum atomic E-state index is -0.230. The minimum absolute atomic E-state index is 0.0354. The third-order valence-electron chi connectivity index (χ3n) is 3.13. The molecule has 4 N–H and O–H groups in total. The number of anilines is 1. The molecule has 1 aliphatic rings.